The Balaban J connectivity index is 1.59. The van der Waals surface area contributed by atoms with Crippen LogP contribution in [0.5, 0.6) is 0 Å². The Morgan fingerprint density at radius 1 is 1.38 bits per heavy atom. The van der Waals surface area contributed by atoms with Gasteiger partial charge in [-0.05, 0) is 56.8 Å². The van der Waals surface area contributed by atoms with E-state index in [4.69, 9.17) is 5.10 Å². The van der Waals surface area contributed by atoms with Crippen LogP contribution in [0.3, 0.4) is 0 Å². The van der Waals surface area contributed by atoms with E-state index in [-0.39, 0.29) is 0 Å². The lowest BCUT2D eigenvalue weighted by atomic mass is 9.54. The van der Waals surface area contributed by atoms with Gasteiger partial charge in [-0.3, -0.25) is 5.01 Å². The molecule has 0 aliphatic heterocycles. The van der Waals surface area contributed by atoms with E-state index in [0.29, 0.717) is 6.04 Å². The first-order chi connectivity index (χ1) is 7.72. The van der Waals surface area contributed by atoms with Crippen LogP contribution in [0.4, 0.5) is 0 Å². The molecule has 3 aliphatic carbocycles. The fourth-order valence-corrected chi connectivity index (χ4v) is 3.25. The van der Waals surface area contributed by atoms with Crippen LogP contribution in [0.25, 0.3) is 0 Å². The van der Waals surface area contributed by atoms with Gasteiger partial charge in [0.2, 0.25) is 0 Å². The predicted molar refractivity (Wildman–Crippen MR) is 67.2 cm³/mol. The zero-order valence-electron chi connectivity index (χ0n) is 10.3. The van der Waals surface area contributed by atoms with E-state index in [0.717, 1.165) is 11.3 Å². The lowest BCUT2D eigenvalue weighted by Crippen LogP contribution is -2.51. The molecule has 3 saturated carbocycles. The van der Waals surface area contributed by atoms with E-state index in [9.17, 15) is 0 Å². The van der Waals surface area contributed by atoms with Crippen LogP contribution < -0.4 is 0 Å². The van der Waals surface area contributed by atoms with Gasteiger partial charge in [-0.25, -0.2) is 0 Å². The molecular weight excluding hydrogens is 196 g/mol. The van der Waals surface area contributed by atoms with Gasteiger partial charge in [-0.1, -0.05) is 13.0 Å². The van der Waals surface area contributed by atoms with Gasteiger partial charge in [-0.15, -0.1) is 0 Å². The van der Waals surface area contributed by atoms with Crippen molar-refractivity contribution in [1.29, 1.82) is 0 Å². The van der Waals surface area contributed by atoms with Crippen LogP contribution >= 0.6 is 0 Å². The molecule has 0 unspecified atom stereocenters. The molecular formula is C14H22N2. The fraction of sp³-hybridized carbons (Fsp3) is 0.786. The smallest absolute Gasteiger partial charge is 0.0529 e. The molecule has 3 aliphatic rings. The lowest BCUT2D eigenvalue weighted by molar-refractivity contribution is -0.0393. The third-order valence-corrected chi connectivity index (χ3v) is 4.75. The molecule has 2 nitrogen and oxygen atoms in total. The minimum absolute atomic E-state index is 0.645. The normalized spacial score (nSPS) is 28.4. The summed E-state index contributed by atoms with van der Waals surface area (Å²) in [6.45, 7) is 6.08. The number of nitrogens with zero attached hydrogens (tertiary/aromatic N) is 2. The van der Waals surface area contributed by atoms with Crippen LogP contribution in [0.15, 0.2) is 17.9 Å². The summed E-state index contributed by atoms with van der Waals surface area (Å²) < 4.78 is 0. The highest BCUT2D eigenvalue weighted by Gasteiger charge is 2.49. The molecule has 0 bridgehead atoms. The van der Waals surface area contributed by atoms with Gasteiger partial charge in [0.1, 0.15) is 0 Å². The zero-order valence-corrected chi connectivity index (χ0v) is 10.3. The summed E-state index contributed by atoms with van der Waals surface area (Å²) in [5.74, 6) is 0.778. The second-order valence-electron chi connectivity index (χ2n) is 5.99. The average molecular weight is 218 g/mol. The first kappa shape index (κ1) is 10.4. The van der Waals surface area contributed by atoms with Crippen molar-refractivity contribution in [2.45, 2.75) is 57.9 Å². The van der Waals surface area contributed by atoms with E-state index in [1.807, 2.05) is 6.20 Å². The summed E-state index contributed by atoms with van der Waals surface area (Å²) in [6.07, 6.45) is 11.7. The summed E-state index contributed by atoms with van der Waals surface area (Å²) in [4.78, 5) is 0. The van der Waals surface area contributed by atoms with Crippen LogP contribution in [0.1, 0.15) is 51.9 Å². The van der Waals surface area contributed by atoms with Crippen LogP contribution in [-0.2, 0) is 0 Å². The Bertz CT molecular complexity index is 316. The summed E-state index contributed by atoms with van der Waals surface area (Å²) in [6, 6.07) is 0.645. The molecule has 88 valence electrons. The van der Waals surface area contributed by atoms with E-state index < -0.39 is 0 Å². The van der Waals surface area contributed by atoms with Crippen molar-refractivity contribution < 1.29 is 0 Å². The summed E-state index contributed by atoms with van der Waals surface area (Å²) in [5.41, 5.74) is 2.05. The van der Waals surface area contributed by atoms with Gasteiger partial charge in [0, 0.05) is 11.9 Å². The van der Waals surface area contributed by atoms with Gasteiger partial charge < -0.3 is 0 Å². The largest absolute Gasteiger partial charge is 0.270 e. The molecule has 0 N–H and O–H groups in total. The number of rotatable bonds is 4. The maximum atomic E-state index is 4.73. The second-order valence-corrected chi connectivity index (χ2v) is 5.99. The van der Waals surface area contributed by atoms with Gasteiger partial charge >= 0.3 is 0 Å². The third-order valence-electron chi connectivity index (χ3n) is 4.75. The lowest BCUT2D eigenvalue weighted by Gasteiger charge is -2.55. The molecule has 0 saturated heterocycles. The summed E-state index contributed by atoms with van der Waals surface area (Å²) in [5, 5.41) is 6.87. The van der Waals surface area contributed by atoms with Crippen LogP contribution in [0.2, 0.25) is 0 Å². The maximum absolute atomic E-state index is 4.73. The first-order valence-electron chi connectivity index (χ1n) is 6.68. The van der Waals surface area contributed by atoms with Crippen molar-refractivity contribution in [3.05, 3.63) is 12.8 Å². The molecule has 3 fully saturated rings. The van der Waals surface area contributed by atoms with Gasteiger partial charge in [0.05, 0.1) is 6.04 Å². The number of hydrazone groups is 1. The summed E-state index contributed by atoms with van der Waals surface area (Å²) in [7, 11) is 0. The van der Waals surface area contributed by atoms with Crippen molar-refractivity contribution >= 4 is 5.71 Å². The topological polar surface area (TPSA) is 15.6 Å². The van der Waals surface area contributed by atoms with E-state index in [1.54, 1.807) is 0 Å². The first-order valence-corrected chi connectivity index (χ1v) is 6.68. The molecule has 16 heavy (non-hydrogen) atoms. The Kier molecular flexibility index (Phi) is 2.34. The second kappa shape index (κ2) is 3.61. The quantitative estimate of drug-likeness (QED) is 0.520. The number of hydrogen-bond acceptors (Lipinski definition) is 2. The highest BCUT2D eigenvalue weighted by Crippen LogP contribution is 2.57. The molecule has 3 rings (SSSR count). The third kappa shape index (κ3) is 1.68. The molecule has 0 aromatic heterocycles. The molecule has 0 heterocycles. The van der Waals surface area contributed by atoms with E-state index >= 15 is 0 Å². The maximum Gasteiger partial charge on any atom is 0.0529 e. The van der Waals surface area contributed by atoms with E-state index in [1.165, 1.54) is 50.7 Å². The van der Waals surface area contributed by atoms with Crippen molar-refractivity contribution in [1.82, 2.24) is 5.01 Å². The van der Waals surface area contributed by atoms with E-state index in [2.05, 4.69) is 18.5 Å². The fourth-order valence-electron chi connectivity index (χ4n) is 3.25. The SMILES string of the molecule is C=CN(/N=C(\C)C1CC1)C1CC2(CCC2)C1. The molecule has 0 atom stereocenters. The number of hydrogen-bond donors (Lipinski definition) is 0. The molecule has 0 amide bonds. The van der Waals surface area contributed by atoms with Crippen molar-refractivity contribution in [3.8, 4) is 0 Å². The molecule has 1 spiro atoms. The zero-order chi connectivity index (χ0) is 11.2. The Hall–Kier alpha value is -0.790. The van der Waals surface area contributed by atoms with Gasteiger partial charge in [-0.2, -0.15) is 5.10 Å². The van der Waals surface area contributed by atoms with Crippen LogP contribution in [0, 0.1) is 11.3 Å². The predicted octanol–water partition coefficient (Wildman–Crippen LogP) is 3.55. The Labute approximate surface area is 98.4 Å². The molecule has 0 aromatic rings. The highest BCUT2D eigenvalue weighted by molar-refractivity contribution is 5.86. The average Bonchev–Trinajstić information content (AvgIpc) is 2.93. The molecule has 0 radical (unpaired) electrons. The van der Waals surface area contributed by atoms with Crippen molar-refractivity contribution in [3.63, 3.8) is 0 Å². The monoisotopic (exact) mass is 218 g/mol. The Morgan fingerprint density at radius 2 is 2.06 bits per heavy atom. The Morgan fingerprint density at radius 3 is 2.50 bits per heavy atom. The highest BCUT2D eigenvalue weighted by atomic mass is 15.5. The van der Waals surface area contributed by atoms with Crippen molar-refractivity contribution in [2.24, 2.45) is 16.4 Å². The summed E-state index contributed by atoms with van der Waals surface area (Å²) >= 11 is 0. The standard InChI is InChI=1S/C14H22N2/c1-3-16(15-11(2)12-5-6-12)13-9-14(10-13)7-4-8-14/h3,12-13H,1,4-10H2,2H3/b15-11+. The van der Waals surface area contributed by atoms with Crippen molar-refractivity contribution in [2.75, 3.05) is 0 Å². The molecule has 0 aromatic carbocycles. The minimum Gasteiger partial charge on any atom is -0.270 e. The van der Waals surface area contributed by atoms with Crippen LogP contribution in [-0.4, -0.2) is 16.8 Å². The van der Waals surface area contributed by atoms with Gasteiger partial charge in [0.15, 0.2) is 0 Å². The minimum atomic E-state index is 0.645. The van der Waals surface area contributed by atoms with Gasteiger partial charge in [0.25, 0.3) is 0 Å². The molecule has 2 heteroatoms.